The molecule has 0 unspecified atom stereocenters. The minimum atomic E-state index is -1.15. The van der Waals surface area contributed by atoms with Crippen molar-refractivity contribution in [3.8, 4) is 11.5 Å². The largest absolute Gasteiger partial charge is 0.545 e. The van der Waals surface area contributed by atoms with Crippen LogP contribution in [0.15, 0.2) is 48.6 Å². The molecule has 1 aliphatic carbocycles. The van der Waals surface area contributed by atoms with Crippen molar-refractivity contribution in [1.29, 1.82) is 0 Å². The Balaban J connectivity index is 1.81. The molecule has 0 bridgehead atoms. The predicted octanol–water partition coefficient (Wildman–Crippen LogP) is 2.89. The van der Waals surface area contributed by atoms with Crippen molar-refractivity contribution in [2.24, 2.45) is 5.92 Å². The van der Waals surface area contributed by atoms with Crippen LogP contribution in [-0.2, 0) is 0 Å². The summed E-state index contributed by atoms with van der Waals surface area (Å²) in [5.41, 5.74) is 3.20. The Labute approximate surface area is 152 Å². The summed E-state index contributed by atoms with van der Waals surface area (Å²) in [5.74, 6) is 0.718. The normalized spacial score (nSPS) is 22.9. The number of hydrogen-bond donors (Lipinski definition) is 1. The number of hydrogen-bond acceptors (Lipinski definition) is 5. The first-order chi connectivity index (χ1) is 12.6. The van der Waals surface area contributed by atoms with Crippen molar-refractivity contribution in [1.82, 2.24) is 0 Å². The zero-order chi connectivity index (χ0) is 18.3. The average molecular weight is 350 g/mol. The summed E-state index contributed by atoms with van der Waals surface area (Å²) < 4.78 is 11.1. The molecule has 2 aromatic rings. The smallest absolute Gasteiger partial charge is 0.165 e. The van der Waals surface area contributed by atoms with Crippen molar-refractivity contribution in [3.63, 3.8) is 0 Å². The number of carbonyl (C=O) groups excluding carboxylic acids is 1. The molecule has 0 saturated heterocycles. The summed E-state index contributed by atoms with van der Waals surface area (Å²) >= 11 is 0. The highest BCUT2D eigenvalue weighted by Gasteiger charge is 2.39. The van der Waals surface area contributed by atoms with Gasteiger partial charge in [-0.05, 0) is 41.7 Å². The number of carboxylic acid groups (broad SMARTS) is 1. The van der Waals surface area contributed by atoms with Crippen molar-refractivity contribution in [2.75, 3.05) is 19.5 Å². The second-order valence-corrected chi connectivity index (χ2v) is 6.65. The number of nitrogens with one attached hydrogen (secondary N) is 1. The Bertz CT molecular complexity index is 890. The van der Waals surface area contributed by atoms with Gasteiger partial charge in [0.2, 0.25) is 0 Å². The van der Waals surface area contributed by atoms with E-state index in [0.717, 1.165) is 29.0 Å². The fourth-order valence-corrected chi connectivity index (χ4v) is 4.19. The van der Waals surface area contributed by atoms with Gasteiger partial charge in [-0.3, -0.25) is 0 Å². The molecule has 0 amide bonds. The average Bonchev–Trinajstić information content (AvgIpc) is 3.16. The quantitative estimate of drug-likeness (QED) is 0.859. The van der Waals surface area contributed by atoms with E-state index in [1.807, 2.05) is 18.2 Å². The lowest BCUT2D eigenvalue weighted by Crippen LogP contribution is -2.30. The number of rotatable bonds is 4. The molecule has 0 fully saturated rings. The second kappa shape index (κ2) is 6.41. The van der Waals surface area contributed by atoms with Gasteiger partial charge in [0.25, 0.3) is 0 Å². The number of ether oxygens (including phenoxy) is 2. The van der Waals surface area contributed by atoms with E-state index in [-0.39, 0.29) is 23.4 Å². The molecule has 0 saturated carbocycles. The Morgan fingerprint density at radius 3 is 2.73 bits per heavy atom. The summed E-state index contributed by atoms with van der Waals surface area (Å²) in [4.78, 5) is 11.2. The maximum atomic E-state index is 11.2. The zero-order valence-corrected chi connectivity index (χ0v) is 14.7. The Morgan fingerprint density at radius 2 is 2.00 bits per heavy atom. The minimum absolute atomic E-state index is 0.0429. The number of fused-ring (bicyclic) bond motifs is 3. The predicted molar refractivity (Wildman–Crippen MR) is 96.7 cm³/mol. The van der Waals surface area contributed by atoms with Crippen LogP contribution in [0.5, 0.6) is 11.5 Å². The number of para-hydroxylation sites is 1. The van der Waals surface area contributed by atoms with E-state index >= 15 is 0 Å². The van der Waals surface area contributed by atoms with Gasteiger partial charge >= 0.3 is 0 Å². The van der Waals surface area contributed by atoms with Crippen LogP contribution >= 0.6 is 0 Å². The number of anilines is 1. The number of allylic oxidation sites excluding steroid dienone is 2. The maximum Gasteiger partial charge on any atom is 0.165 e. The third-order valence-electron chi connectivity index (χ3n) is 5.37. The van der Waals surface area contributed by atoms with E-state index in [9.17, 15) is 9.90 Å². The summed E-state index contributed by atoms with van der Waals surface area (Å²) in [5, 5.41) is 14.8. The van der Waals surface area contributed by atoms with Gasteiger partial charge in [-0.25, -0.2) is 0 Å². The molecule has 0 spiro atoms. The van der Waals surface area contributed by atoms with Gasteiger partial charge in [0.05, 0.1) is 26.2 Å². The lowest BCUT2D eigenvalue weighted by Gasteiger charge is -2.38. The highest BCUT2D eigenvalue weighted by Crippen LogP contribution is 2.52. The van der Waals surface area contributed by atoms with E-state index in [0.29, 0.717) is 5.75 Å². The van der Waals surface area contributed by atoms with Gasteiger partial charge in [-0.15, -0.1) is 0 Å². The third kappa shape index (κ3) is 2.51. The molecule has 2 aromatic carbocycles. The lowest BCUT2D eigenvalue weighted by atomic mass is 9.76. The minimum Gasteiger partial charge on any atom is -0.545 e. The van der Waals surface area contributed by atoms with Gasteiger partial charge in [0.1, 0.15) is 0 Å². The van der Waals surface area contributed by atoms with E-state index in [2.05, 4.69) is 23.5 Å². The van der Waals surface area contributed by atoms with Gasteiger partial charge in [-0.1, -0.05) is 30.4 Å². The number of methoxy groups -OCH3 is 2. The van der Waals surface area contributed by atoms with Crippen LogP contribution in [0.25, 0.3) is 0 Å². The van der Waals surface area contributed by atoms with Crippen molar-refractivity contribution >= 4 is 11.7 Å². The van der Waals surface area contributed by atoms with Crippen LogP contribution in [0, 0.1) is 5.92 Å². The molecule has 5 nitrogen and oxygen atoms in total. The summed E-state index contributed by atoms with van der Waals surface area (Å²) in [6, 6.07) is 11.1. The van der Waals surface area contributed by atoms with Crippen molar-refractivity contribution in [2.45, 2.75) is 18.4 Å². The molecule has 3 atom stereocenters. The molecule has 5 heteroatoms. The third-order valence-corrected chi connectivity index (χ3v) is 5.37. The zero-order valence-electron chi connectivity index (χ0n) is 14.7. The molecule has 1 aliphatic heterocycles. The molecule has 2 aliphatic rings. The molecular weight excluding hydrogens is 330 g/mol. The standard InChI is InChI=1S/C21H21NO4/c1-25-18-8-4-7-15(20(18)26-2)19-14-6-3-5-13(14)16-11-12(21(23)24)9-10-17(16)22-19/h3-5,7-11,13-14,19,22H,6H2,1-2H3,(H,23,24)/p-1/t13-,14+,19+/m0/s1. The van der Waals surface area contributed by atoms with Crippen LogP contribution < -0.4 is 19.9 Å². The first-order valence-electron chi connectivity index (χ1n) is 8.63. The number of carbonyl (C=O) groups is 1. The fraction of sp³-hybridized carbons (Fsp3) is 0.286. The van der Waals surface area contributed by atoms with Gasteiger partial charge < -0.3 is 24.7 Å². The highest BCUT2D eigenvalue weighted by atomic mass is 16.5. The van der Waals surface area contributed by atoms with E-state index in [1.54, 1.807) is 26.4 Å². The van der Waals surface area contributed by atoms with Crippen LogP contribution in [0.2, 0.25) is 0 Å². The molecule has 1 N–H and O–H groups in total. The SMILES string of the molecule is COc1cccc([C@@H]2Nc3ccc(C(=O)[O-])cc3[C@H]3C=CC[C@H]32)c1OC. The maximum absolute atomic E-state index is 11.2. The summed E-state index contributed by atoms with van der Waals surface area (Å²) in [7, 11) is 3.28. The molecule has 0 radical (unpaired) electrons. The first-order valence-corrected chi connectivity index (χ1v) is 8.63. The lowest BCUT2D eigenvalue weighted by molar-refractivity contribution is -0.255. The van der Waals surface area contributed by atoms with E-state index in [4.69, 9.17) is 9.47 Å². The fourth-order valence-electron chi connectivity index (χ4n) is 4.19. The van der Waals surface area contributed by atoms with Gasteiger partial charge in [0.15, 0.2) is 11.5 Å². The number of benzene rings is 2. The highest BCUT2D eigenvalue weighted by molar-refractivity contribution is 5.87. The van der Waals surface area contributed by atoms with Crippen molar-refractivity contribution in [3.05, 3.63) is 65.2 Å². The van der Waals surface area contributed by atoms with Crippen LogP contribution in [0.4, 0.5) is 5.69 Å². The summed E-state index contributed by atoms with van der Waals surface area (Å²) in [6.45, 7) is 0. The molecule has 0 aromatic heterocycles. The topological polar surface area (TPSA) is 70.6 Å². The van der Waals surface area contributed by atoms with Crippen molar-refractivity contribution < 1.29 is 19.4 Å². The molecule has 1 heterocycles. The molecular formula is C21H20NO4-. The molecule has 4 rings (SSSR count). The van der Waals surface area contributed by atoms with E-state index < -0.39 is 5.97 Å². The molecule has 26 heavy (non-hydrogen) atoms. The first kappa shape index (κ1) is 16.5. The Morgan fingerprint density at radius 1 is 1.15 bits per heavy atom. The Hall–Kier alpha value is -2.95. The monoisotopic (exact) mass is 350 g/mol. The number of carboxylic acids is 1. The van der Waals surface area contributed by atoms with Crippen LogP contribution in [0.1, 0.15) is 39.9 Å². The van der Waals surface area contributed by atoms with Crippen LogP contribution in [-0.4, -0.2) is 20.2 Å². The Kier molecular flexibility index (Phi) is 4.07. The molecule has 134 valence electrons. The van der Waals surface area contributed by atoms with E-state index in [1.165, 1.54) is 0 Å². The van der Waals surface area contributed by atoms with Gasteiger partial charge in [0, 0.05) is 17.2 Å². The second-order valence-electron chi connectivity index (χ2n) is 6.65. The summed E-state index contributed by atoms with van der Waals surface area (Å²) in [6.07, 6.45) is 5.25. The number of aromatic carboxylic acids is 1. The van der Waals surface area contributed by atoms with Gasteiger partial charge in [-0.2, -0.15) is 0 Å². The van der Waals surface area contributed by atoms with Crippen LogP contribution in [0.3, 0.4) is 0 Å².